The Morgan fingerprint density at radius 3 is 2.60 bits per heavy atom. The molecule has 0 spiro atoms. The number of rotatable bonds is 9. The minimum atomic E-state index is 0.775. The molecule has 1 unspecified atom stereocenters. The van der Waals surface area contributed by atoms with E-state index in [9.17, 15) is 0 Å². The van der Waals surface area contributed by atoms with Gasteiger partial charge in [0.15, 0.2) is 0 Å². The van der Waals surface area contributed by atoms with Gasteiger partial charge in [-0.25, -0.2) is 0 Å². The first-order chi connectivity index (χ1) is 9.62. The fraction of sp³-hybridized carbons (Fsp3) is 0.625. The van der Waals surface area contributed by atoms with Crippen LogP contribution in [0.3, 0.4) is 0 Å². The second-order valence-electron chi connectivity index (χ2n) is 5.13. The highest BCUT2D eigenvalue weighted by molar-refractivity contribution is 9.11. The summed E-state index contributed by atoms with van der Waals surface area (Å²) in [7, 11) is 1.72. The fourth-order valence-corrected chi connectivity index (χ4v) is 3.80. The Kier molecular flexibility index (Phi) is 8.82. The van der Waals surface area contributed by atoms with Gasteiger partial charge in [-0.15, -0.1) is 0 Å². The first kappa shape index (κ1) is 18.0. The zero-order valence-electron chi connectivity index (χ0n) is 12.6. The van der Waals surface area contributed by atoms with Crippen LogP contribution in [-0.2, 0) is 6.54 Å². The van der Waals surface area contributed by atoms with Crippen molar-refractivity contribution in [3.05, 3.63) is 26.6 Å². The van der Waals surface area contributed by atoms with Gasteiger partial charge in [-0.1, -0.05) is 49.0 Å². The molecule has 1 aromatic carbocycles. The third-order valence-corrected chi connectivity index (χ3v) is 4.63. The zero-order chi connectivity index (χ0) is 15.0. The Labute approximate surface area is 139 Å². The lowest BCUT2D eigenvalue weighted by atomic mass is 9.99. The number of ether oxygens (including phenoxy) is 1. The van der Waals surface area contributed by atoms with Gasteiger partial charge in [0, 0.05) is 16.6 Å². The monoisotopic (exact) mass is 405 g/mol. The highest BCUT2D eigenvalue weighted by Gasteiger charge is 2.10. The molecule has 2 nitrogen and oxygen atoms in total. The predicted molar refractivity (Wildman–Crippen MR) is 93.4 cm³/mol. The van der Waals surface area contributed by atoms with Gasteiger partial charge in [0.05, 0.1) is 11.6 Å². The minimum absolute atomic E-state index is 0.775. The summed E-state index contributed by atoms with van der Waals surface area (Å²) in [6.45, 7) is 6.44. The first-order valence-electron chi connectivity index (χ1n) is 7.34. The third kappa shape index (κ3) is 5.74. The molecule has 1 atom stereocenters. The number of unbranched alkanes of at least 4 members (excludes halogenated alkanes) is 1. The van der Waals surface area contributed by atoms with Gasteiger partial charge in [0.1, 0.15) is 5.75 Å². The Hall–Kier alpha value is -0.0600. The molecule has 1 aromatic rings. The van der Waals surface area contributed by atoms with Crippen molar-refractivity contribution in [1.82, 2.24) is 5.32 Å². The van der Waals surface area contributed by atoms with Gasteiger partial charge >= 0.3 is 0 Å². The van der Waals surface area contributed by atoms with Crippen LogP contribution in [0.1, 0.15) is 45.1 Å². The maximum atomic E-state index is 5.47. The van der Waals surface area contributed by atoms with E-state index in [-0.39, 0.29) is 0 Å². The molecule has 0 radical (unpaired) electrons. The van der Waals surface area contributed by atoms with Crippen LogP contribution < -0.4 is 10.1 Å². The number of hydrogen-bond acceptors (Lipinski definition) is 2. The largest absolute Gasteiger partial charge is 0.495 e. The van der Waals surface area contributed by atoms with E-state index < -0.39 is 0 Å². The Bertz CT molecular complexity index is 410. The summed E-state index contributed by atoms with van der Waals surface area (Å²) < 4.78 is 7.53. The van der Waals surface area contributed by atoms with E-state index in [2.05, 4.69) is 57.1 Å². The fourth-order valence-electron chi connectivity index (χ4n) is 2.33. The average molecular weight is 407 g/mol. The molecule has 0 saturated heterocycles. The maximum absolute atomic E-state index is 5.47. The Morgan fingerprint density at radius 1 is 1.25 bits per heavy atom. The van der Waals surface area contributed by atoms with Gasteiger partial charge in [0.25, 0.3) is 0 Å². The molecular formula is C16H25Br2NO. The van der Waals surface area contributed by atoms with E-state index in [1.54, 1.807) is 7.11 Å². The number of benzene rings is 1. The number of halogens is 2. The standard InChI is InChI=1S/C16H25Br2NO/c1-4-6-7-12(5-2)10-19-11-13-8-14(17)9-15(18)16(13)20-3/h8-9,12,19H,4-7,10-11H2,1-3H3. The first-order valence-corrected chi connectivity index (χ1v) is 8.93. The quantitative estimate of drug-likeness (QED) is 0.582. The molecule has 20 heavy (non-hydrogen) atoms. The summed E-state index contributed by atoms with van der Waals surface area (Å²) >= 11 is 7.08. The van der Waals surface area contributed by atoms with E-state index in [0.29, 0.717) is 0 Å². The molecule has 114 valence electrons. The summed E-state index contributed by atoms with van der Waals surface area (Å²) in [5, 5.41) is 3.57. The van der Waals surface area contributed by atoms with E-state index in [1.165, 1.54) is 31.2 Å². The van der Waals surface area contributed by atoms with Crippen molar-refractivity contribution >= 4 is 31.9 Å². The van der Waals surface area contributed by atoms with E-state index in [0.717, 1.165) is 33.7 Å². The molecular weight excluding hydrogens is 382 g/mol. The normalized spacial score (nSPS) is 12.4. The van der Waals surface area contributed by atoms with Crippen molar-refractivity contribution in [1.29, 1.82) is 0 Å². The topological polar surface area (TPSA) is 21.3 Å². The van der Waals surface area contributed by atoms with Crippen LogP contribution in [0.5, 0.6) is 5.75 Å². The van der Waals surface area contributed by atoms with Crippen molar-refractivity contribution in [2.45, 2.75) is 46.1 Å². The number of methoxy groups -OCH3 is 1. The lowest BCUT2D eigenvalue weighted by molar-refractivity contribution is 0.396. The van der Waals surface area contributed by atoms with Gasteiger partial charge in [-0.2, -0.15) is 0 Å². The van der Waals surface area contributed by atoms with Crippen LogP contribution in [-0.4, -0.2) is 13.7 Å². The van der Waals surface area contributed by atoms with Crippen LogP contribution in [0.4, 0.5) is 0 Å². The Balaban J connectivity index is 2.56. The smallest absolute Gasteiger partial charge is 0.137 e. The van der Waals surface area contributed by atoms with Crippen LogP contribution in [0.2, 0.25) is 0 Å². The van der Waals surface area contributed by atoms with Gasteiger partial charge in [0.2, 0.25) is 0 Å². The lowest BCUT2D eigenvalue weighted by Gasteiger charge is -2.17. The predicted octanol–water partition coefficient (Wildman–Crippen LogP) is 5.53. The minimum Gasteiger partial charge on any atom is -0.495 e. The number of hydrogen-bond donors (Lipinski definition) is 1. The summed E-state index contributed by atoms with van der Waals surface area (Å²) in [5.74, 6) is 1.69. The summed E-state index contributed by atoms with van der Waals surface area (Å²) in [4.78, 5) is 0. The molecule has 0 aliphatic rings. The van der Waals surface area contributed by atoms with E-state index in [4.69, 9.17) is 4.74 Å². The van der Waals surface area contributed by atoms with E-state index in [1.807, 2.05) is 6.07 Å². The molecule has 0 amide bonds. The van der Waals surface area contributed by atoms with Crippen LogP contribution in [0, 0.1) is 5.92 Å². The van der Waals surface area contributed by atoms with Crippen molar-refractivity contribution in [3.8, 4) is 5.75 Å². The van der Waals surface area contributed by atoms with Crippen molar-refractivity contribution in [3.63, 3.8) is 0 Å². The summed E-state index contributed by atoms with van der Waals surface area (Å²) in [6, 6.07) is 4.13. The average Bonchev–Trinajstić information content (AvgIpc) is 2.42. The molecule has 0 saturated carbocycles. The molecule has 0 fully saturated rings. The molecule has 0 aliphatic carbocycles. The van der Waals surface area contributed by atoms with Crippen molar-refractivity contribution in [2.24, 2.45) is 5.92 Å². The number of nitrogens with one attached hydrogen (secondary N) is 1. The summed E-state index contributed by atoms with van der Waals surface area (Å²) in [5.41, 5.74) is 1.18. The molecule has 1 N–H and O–H groups in total. The van der Waals surface area contributed by atoms with Gasteiger partial charge in [-0.3, -0.25) is 0 Å². The maximum Gasteiger partial charge on any atom is 0.137 e. The second-order valence-corrected chi connectivity index (χ2v) is 6.90. The lowest BCUT2D eigenvalue weighted by Crippen LogP contribution is -2.22. The molecule has 0 bridgehead atoms. The highest BCUT2D eigenvalue weighted by Crippen LogP contribution is 2.32. The molecule has 0 heterocycles. The zero-order valence-corrected chi connectivity index (χ0v) is 15.8. The third-order valence-electron chi connectivity index (χ3n) is 3.58. The highest BCUT2D eigenvalue weighted by atomic mass is 79.9. The second kappa shape index (κ2) is 9.80. The van der Waals surface area contributed by atoms with Crippen molar-refractivity contribution < 1.29 is 4.74 Å². The molecule has 4 heteroatoms. The van der Waals surface area contributed by atoms with Gasteiger partial charge in [-0.05, 0) is 46.9 Å². The SMILES string of the molecule is CCCCC(CC)CNCc1cc(Br)cc(Br)c1OC. The van der Waals surface area contributed by atoms with Crippen molar-refractivity contribution in [2.75, 3.05) is 13.7 Å². The molecule has 0 aromatic heterocycles. The Morgan fingerprint density at radius 2 is 2.00 bits per heavy atom. The molecule has 1 rings (SSSR count). The molecule has 0 aliphatic heterocycles. The van der Waals surface area contributed by atoms with Crippen LogP contribution >= 0.6 is 31.9 Å². The van der Waals surface area contributed by atoms with Crippen LogP contribution in [0.15, 0.2) is 21.1 Å². The van der Waals surface area contributed by atoms with Crippen LogP contribution in [0.25, 0.3) is 0 Å². The van der Waals surface area contributed by atoms with Gasteiger partial charge < -0.3 is 10.1 Å². The van der Waals surface area contributed by atoms with E-state index >= 15 is 0 Å². The summed E-state index contributed by atoms with van der Waals surface area (Å²) in [6.07, 6.45) is 5.17.